The molecule has 0 radical (unpaired) electrons. The molecule has 0 saturated carbocycles. The Kier molecular flexibility index (Phi) is 6.02. The van der Waals surface area contributed by atoms with Gasteiger partial charge in [0.15, 0.2) is 5.82 Å². The van der Waals surface area contributed by atoms with E-state index in [4.69, 9.17) is 15.2 Å². The molecule has 158 valence electrons. The quantitative estimate of drug-likeness (QED) is 0.667. The second kappa shape index (κ2) is 9.04. The summed E-state index contributed by atoms with van der Waals surface area (Å²) < 4.78 is 11.8. The maximum Gasteiger partial charge on any atom is 0.224 e. The van der Waals surface area contributed by atoms with Crippen LogP contribution in [0.3, 0.4) is 0 Å². The van der Waals surface area contributed by atoms with E-state index in [-0.39, 0.29) is 6.10 Å². The lowest BCUT2D eigenvalue weighted by Crippen LogP contribution is -2.41. The average Bonchev–Trinajstić information content (AvgIpc) is 2.79. The Labute approximate surface area is 180 Å². The minimum absolute atomic E-state index is 0.126. The van der Waals surface area contributed by atoms with E-state index in [9.17, 15) is 5.26 Å². The molecule has 1 aromatic carbocycles. The van der Waals surface area contributed by atoms with Crippen LogP contribution in [0.5, 0.6) is 11.6 Å². The summed E-state index contributed by atoms with van der Waals surface area (Å²) in [6.45, 7) is 6.35. The van der Waals surface area contributed by atoms with E-state index >= 15 is 0 Å². The topological polar surface area (TPSA) is 123 Å². The SMILES string of the molecule is Cc1nc(Oc2cc(C#N)ccc2-c2ncc(CN)cn2)cc(N2CCO[C@@H](C)C2)n1. The molecule has 1 atom stereocenters. The van der Waals surface area contributed by atoms with Gasteiger partial charge in [-0.05, 0) is 32.0 Å². The monoisotopic (exact) mass is 417 g/mol. The number of morpholine rings is 1. The molecule has 0 unspecified atom stereocenters. The highest BCUT2D eigenvalue weighted by atomic mass is 16.5. The molecule has 9 heteroatoms. The molecule has 0 amide bonds. The van der Waals surface area contributed by atoms with E-state index in [1.54, 1.807) is 36.7 Å². The second-order valence-electron chi connectivity index (χ2n) is 7.28. The van der Waals surface area contributed by atoms with Crippen molar-refractivity contribution < 1.29 is 9.47 Å². The van der Waals surface area contributed by atoms with E-state index in [2.05, 4.69) is 30.9 Å². The molecular formula is C22H23N7O2. The minimum Gasteiger partial charge on any atom is -0.438 e. The number of aryl methyl sites for hydroxylation is 1. The first kappa shape index (κ1) is 20.7. The fraction of sp³-hybridized carbons (Fsp3) is 0.318. The molecule has 1 aliphatic rings. The van der Waals surface area contributed by atoms with Gasteiger partial charge in [0.2, 0.25) is 5.88 Å². The fourth-order valence-electron chi connectivity index (χ4n) is 3.34. The van der Waals surface area contributed by atoms with E-state index in [0.29, 0.717) is 47.6 Å². The van der Waals surface area contributed by atoms with Crippen LogP contribution in [0, 0.1) is 18.3 Å². The first-order valence-corrected chi connectivity index (χ1v) is 10.0. The molecule has 3 aromatic rings. The Bertz CT molecular complexity index is 1110. The number of nitrogens with two attached hydrogens (primary N) is 1. The summed E-state index contributed by atoms with van der Waals surface area (Å²) in [5.41, 5.74) is 7.59. The molecule has 1 aliphatic heterocycles. The summed E-state index contributed by atoms with van der Waals surface area (Å²) in [4.78, 5) is 19.9. The van der Waals surface area contributed by atoms with Crippen LogP contribution in [0.4, 0.5) is 5.82 Å². The second-order valence-corrected chi connectivity index (χ2v) is 7.28. The van der Waals surface area contributed by atoms with Gasteiger partial charge in [-0.2, -0.15) is 10.2 Å². The van der Waals surface area contributed by atoms with Gasteiger partial charge in [-0.15, -0.1) is 0 Å². The first-order valence-electron chi connectivity index (χ1n) is 10.0. The zero-order valence-electron chi connectivity index (χ0n) is 17.4. The van der Waals surface area contributed by atoms with Gasteiger partial charge in [0, 0.05) is 43.7 Å². The van der Waals surface area contributed by atoms with Crippen molar-refractivity contribution in [1.82, 2.24) is 19.9 Å². The van der Waals surface area contributed by atoms with E-state index in [1.807, 2.05) is 13.8 Å². The highest BCUT2D eigenvalue weighted by Gasteiger charge is 2.20. The van der Waals surface area contributed by atoms with Gasteiger partial charge in [0.05, 0.1) is 29.9 Å². The number of nitrogens with zero attached hydrogens (tertiary/aromatic N) is 6. The molecule has 1 fully saturated rings. The number of hydrogen-bond donors (Lipinski definition) is 1. The molecule has 0 bridgehead atoms. The number of rotatable bonds is 5. The Morgan fingerprint density at radius 1 is 1.26 bits per heavy atom. The predicted molar refractivity (Wildman–Crippen MR) is 115 cm³/mol. The van der Waals surface area contributed by atoms with Gasteiger partial charge >= 0.3 is 0 Å². The number of aromatic nitrogens is 4. The first-order chi connectivity index (χ1) is 15.1. The Morgan fingerprint density at radius 3 is 2.77 bits per heavy atom. The van der Waals surface area contributed by atoms with Crippen LogP contribution in [-0.2, 0) is 11.3 Å². The Morgan fingerprint density at radius 2 is 2.06 bits per heavy atom. The van der Waals surface area contributed by atoms with Crippen molar-refractivity contribution in [3.63, 3.8) is 0 Å². The van der Waals surface area contributed by atoms with Crippen molar-refractivity contribution in [1.29, 1.82) is 5.26 Å². The normalized spacial score (nSPS) is 16.1. The lowest BCUT2D eigenvalue weighted by Gasteiger charge is -2.32. The van der Waals surface area contributed by atoms with Gasteiger partial charge in [-0.1, -0.05) is 0 Å². The zero-order chi connectivity index (χ0) is 21.8. The van der Waals surface area contributed by atoms with Crippen molar-refractivity contribution in [2.45, 2.75) is 26.5 Å². The van der Waals surface area contributed by atoms with Crippen LogP contribution in [0.15, 0.2) is 36.7 Å². The van der Waals surface area contributed by atoms with Crippen molar-refractivity contribution in [2.24, 2.45) is 5.73 Å². The molecule has 4 rings (SSSR count). The lowest BCUT2D eigenvalue weighted by atomic mass is 10.1. The van der Waals surface area contributed by atoms with Gasteiger partial charge < -0.3 is 20.1 Å². The van der Waals surface area contributed by atoms with Gasteiger partial charge in [0.1, 0.15) is 17.4 Å². The summed E-state index contributed by atoms with van der Waals surface area (Å²) in [5, 5.41) is 9.35. The van der Waals surface area contributed by atoms with Crippen molar-refractivity contribution in [3.8, 4) is 29.1 Å². The zero-order valence-corrected chi connectivity index (χ0v) is 17.4. The van der Waals surface area contributed by atoms with Gasteiger partial charge in [-0.25, -0.2) is 15.0 Å². The fourth-order valence-corrected chi connectivity index (χ4v) is 3.34. The summed E-state index contributed by atoms with van der Waals surface area (Å²) in [6, 6.07) is 9.06. The van der Waals surface area contributed by atoms with Crippen molar-refractivity contribution >= 4 is 5.82 Å². The Balaban J connectivity index is 1.69. The summed E-state index contributed by atoms with van der Waals surface area (Å²) in [5.74, 6) is 2.67. The third-order valence-electron chi connectivity index (χ3n) is 4.87. The highest BCUT2D eigenvalue weighted by Crippen LogP contribution is 2.33. The molecular weight excluding hydrogens is 394 g/mol. The van der Waals surface area contributed by atoms with Crippen LogP contribution in [0.25, 0.3) is 11.4 Å². The van der Waals surface area contributed by atoms with Crippen LogP contribution in [0.1, 0.15) is 23.9 Å². The largest absolute Gasteiger partial charge is 0.438 e. The van der Waals surface area contributed by atoms with Gasteiger partial charge in [-0.3, -0.25) is 0 Å². The average molecular weight is 417 g/mol. The van der Waals surface area contributed by atoms with E-state index in [0.717, 1.165) is 24.5 Å². The molecule has 31 heavy (non-hydrogen) atoms. The minimum atomic E-state index is 0.126. The smallest absolute Gasteiger partial charge is 0.224 e. The molecule has 2 N–H and O–H groups in total. The van der Waals surface area contributed by atoms with E-state index < -0.39 is 0 Å². The predicted octanol–water partition coefficient (Wildman–Crippen LogP) is 2.59. The highest BCUT2D eigenvalue weighted by molar-refractivity contribution is 5.66. The number of nitriles is 1. The number of benzene rings is 1. The standard InChI is InChI=1S/C22H23N7O2/c1-14-13-29(5-6-30-14)20-8-21(28-15(2)27-20)31-19-7-16(9-23)3-4-18(19)22-25-11-17(10-24)12-26-22/h3-4,7-8,11-12,14H,5-6,10,13,24H2,1-2H3/t14-/m0/s1. The maximum absolute atomic E-state index is 9.35. The molecule has 9 nitrogen and oxygen atoms in total. The summed E-state index contributed by atoms with van der Waals surface area (Å²) in [7, 11) is 0. The van der Waals surface area contributed by atoms with Gasteiger partial charge in [0.25, 0.3) is 0 Å². The number of hydrogen-bond acceptors (Lipinski definition) is 9. The summed E-state index contributed by atoms with van der Waals surface area (Å²) in [6.07, 6.45) is 3.48. The molecule has 1 saturated heterocycles. The molecule has 3 heterocycles. The number of ether oxygens (including phenoxy) is 2. The lowest BCUT2D eigenvalue weighted by molar-refractivity contribution is 0.0529. The molecule has 2 aromatic heterocycles. The van der Waals surface area contributed by atoms with Crippen LogP contribution in [0.2, 0.25) is 0 Å². The van der Waals surface area contributed by atoms with Crippen molar-refractivity contribution in [3.05, 3.63) is 53.6 Å². The molecule has 0 spiro atoms. The van der Waals surface area contributed by atoms with Crippen LogP contribution >= 0.6 is 0 Å². The maximum atomic E-state index is 9.35. The summed E-state index contributed by atoms with van der Waals surface area (Å²) >= 11 is 0. The third-order valence-corrected chi connectivity index (χ3v) is 4.87. The number of anilines is 1. The van der Waals surface area contributed by atoms with Crippen molar-refractivity contribution in [2.75, 3.05) is 24.6 Å². The Hall–Kier alpha value is -3.61. The molecule has 0 aliphatic carbocycles. The van der Waals surface area contributed by atoms with E-state index in [1.165, 1.54) is 0 Å². The third kappa shape index (κ3) is 4.77. The van der Waals surface area contributed by atoms with Crippen LogP contribution in [-0.4, -0.2) is 45.7 Å². The van der Waals surface area contributed by atoms with Crippen LogP contribution < -0.4 is 15.4 Å².